The summed E-state index contributed by atoms with van der Waals surface area (Å²) in [6.45, 7) is 0.947. The monoisotopic (exact) mass is 545 g/mol. The molecule has 1 fully saturated rings. The summed E-state index contributed by atoms with van der Waals surface area (Å²) in [5, 5.41) is 2.97. The number of hydrogen-bond acceptors (Lipinski definition) is 3. The van der Waals surface area contributed by atoms with Crippen molar-refractivity contribution >= 4 is 34.8 Å². The van der Waals surface area contributed by atoms with E-state index in [-0.39, 0.29) is 17.7 Å². The van der Waals surface area contributed by atoms with Gasteiger partial charge in [0.2, 0.25) is 11.8 Å². The second-order valence-corrected chi connectivity index (χ2v) is 11.0. The Morgan fingerprint density at radius 1 is 0.846 bits per heavy atom. The summed E-state index contributed by atoms with van der Waals surface area (Å²) in [7, 11) is 4.08. The van der Waals surface area contributed by atoms with Gasteiger partial charge < -0.3 is 15.1 Å². The van der Waals surface area contributed by atoms with Crippen LogP contribution in [-0.4, -0.2) is 31.8 Å². The molecule has 3 aromatic carbocycles. The van der Waals surface area contributed by atoms with E-state index in [0.717, 1.165) is 48.1 Å². The van der Waals surface area contributed by atoms with Crippen LogP contribution in [-0.2, 0) is 22.7 Å². The Bertz CT molecular complexity index is 1220. The van der Waals surface area contributed by atoms with Gasteiger partial charge in [0.15, 0.2) is 0 Å². The first-order chi connectivity index (χ1) is 18.9. The number of rotatable bonds is 11. The highest BCUT2D eigenvalue weighted by atomic mass is 35.5. The first-order valence-electron chi connectivity index (χ1n) is 14.0. The Kier molecular flexibility index (Phi) is 10.4. The number of amides is 2. The molecule has 39 heavy (non-hydrogen) atoms. The number of anilines is 2. The van der Waals surface area contributed by atoms with Crippen molar-refractivity contribution < 1.29 is 9.59 Å². The summed E-state index contributed by atoms with van der Waals surface area (Å²) in [5.74, 6) is 0.728. The summed E-state index contributed by atoms with van der Waals surface area (Å²) in [6, 6.07) is 25.0. The van der Waals surface area contributed by atoms with Gasteiger partial charge in [-0.2, -0.15) is 0 Å². The molecule has 206 valence electrons. The van der Waals surface area contributed by atoms with Crippen molar-refractivity contribution in [1.82, 2.24) is 5.32 Å². The van der Waals surface area contributed by atoms with Gasteiger partial charge in [0.05, 0.1) is 6.54 Å². The van der Waals surface area contributed by atoms with Crippen molar-refractivity contribution in [2.45, 2.75) is 58.0 Å². The van der Waals surface area contributed by atoms with Crippen molar-refractivity contribution in [3.8, 4) is 11.1 Å². The van der Waals surface area contributed by atoms with Gasteiger partial charge in [-0.1, -0.05) is 67.8 Å². The van der Waals surface area contributed by atoms with Gasteiger partial charge in [0, 0.05) is 50.2 Å². The zero-order valence-corrected chi connectivity index (χ0v) is 23.9. The summed E-state index contributed by atoms with van der Waals surface area (Å²) in [5.41, 5.74) is 6.44. The van der Waals surface area contributed by atoms with E-state index < -0.39 is 0 Å². The highest BCUT2D eigenvalue weighted by Gasteiger charge is 2.27. The second-order valence-electron chi connectivity index (χ2n) is 10.6. The fourth-order valence-electron chi connectivity index (χ4n) is 5.15. The normalized spacial score (nSPS) is 13.6. The maximum absolute atomic E-state index is 13.8. The minimum atomic E-state index is -0.00682. The van der Waals surface area contributed by atoms with E-state index >= 15 is 0 Å². The quantitative estimate of drug-likeness (QED) is 0.260. The first-order valence-corrected chi connectivity index (χ1v) is 14.6. The van der Waals surface area contributed by atoms with E-state index in [1.54, 1.807) is 0 Å². The highest BCUT2D eigenvalue weighted by molar-refractivity contribution is 6.17. The standard InChI is InChI=1S/C33H40ClN3O2/c1-36(2)30-19-17-28(18-20-30)27-15-13-25(14-16-27)24-37(33(39)29-9-4-3-5-10-29)31-11-6-8-26(22-31)23-35-32(38)12-7-21-34/h6,8,11,13-20,22,29H,3-5,7,9-10,12,21,23-24H2,1-2H3,(H,35,38). The zero-order chi connectivity index (χ0) is 27.6. The summed E-state index contributed by atoms with van der Waals surface area (Å²) >= 11 is 5.72. The Morgan fingerprint density at radius 2 is 1.51 bits per heavy atom. The third-order valence-electron chi connectivity index (χ3n) is 7.48. The van der Waals surface area contributed by atoms with Crippen LogP contribution >= 0.6 is 11.6 Å². The van der Waals surface area contributed by atoms with Crippen molar-refractivity contribution in [2.24, 2.45) is 5.92 Å². The van der Waals surface area contributed by atoms with Crippen LogP contribution in [0.2, 0.25) is 0 Å². The smallest absolute Gasteiger partial charge is 0.230 e. The van der Waals surface area contributed by atoms with E-state index in [1.807, 2.05) is 43.3 Å². The summed E-state index contributed by atoms with van der Waals surface area (Å²) in [4.78, 5) is 29.9. The molecule has 6 heteroatoms. The van der Waals surface area contributed by atoms with Gasteiger partial charge in [0.1, 0.15) is 0 Å². The molecule has 3 aromatic rings. The minimum absolute atomic E-state index is 0.00682. The number of nitrogens with zero attached hydrogens (tertiary/aromatic N) is 2. The molecule has 0 heterocycles. The number of benzene rings is 3. The lowest BCUT2D eigenvalue weighted by atomic mass is 9.88. The average molecular weight is 546 g/mol. The molecule has 0 saturated heterocycles. The average Bonchev–Trinajstić information content (AvgIpc) is 2.98. The number of carbonyl (C=O) groups is 2. The molecule has 1 aliphatic carbocycles. The fraction of sp³-hybridized carbons (Fsp3) is 0.394. The molecule has 5 nitrogen and oxygen atoms in total. The molecular formula is C33H40ClN3O2. The first kappa shape index (κ1) is 28.7. The predicted octanol–water partition coefficient (Wildman–Crippen LogP) is 7.17. The largest absolute Gasteiger partial charge is 0.378 e. The molecule has 1 saturated carbocycles. The second kappa shape index (κ2) is 14.2. The predicted molar refractivity (Wildman–Crippen MR) is 162 cm³/mol. The molecule has 0 spiro atoms. The van der Waals surface area contributed by atoms with Crippen molar-refractivity contribution in [2.75, 3.05) is 29.8 Å². The van der Waals surface area contributed by atoms with Crippen LogP contribution < -0.4 is 15.1 Å². The van der Waals surface area contributed by atoms with Crippen molar-refractivity contribution in [3.63, 3.8) is 0 Å². The topological polar surface area (TPSA) is 52.6 Å². The van der Waals surface area contributed by atoms with E-state index in [1.165, 1.54) is 17.7 Å². The van der Waals surface area contributed by atoms with E-state index in [9.17, 15) is 9.59 Å². The summed E-state index contributed by atoms with van der Waals surface area (Å²) in [6.07, 6.45) is 6.42. The van der Waals surface area contributed by atoms with E-state index in [4.69, 9.17) is 11.6 Å². The number of hydrogen-bond donors (Lipinski definition) is 1. The maximum atomic E-state index is 13.8. The molecule has 1 N–H and O–H groups in total. The summed E-state index contributed by atoms with van der Waals surface area (Å²) < 4.78 is 0. The van der Waals surface area contributed by atoms with Crippen LogP contribution in [0.1, 0.15) is 56.1 Å². The Hall–Kier alpha value is -3.31. The lowest BCUT2D eigenvalue weighted by Crippen LogP contribution is -2.36. The molecule has 0 aliphatic heterocycles. The number of carbonyl (C=O) groups excluding carboxylic acids is 2. The van der Waals surface area contributed by atoms with Crippen LogP contribution in [0.15, 0.2) is 72.8 Å². The minimum Gasteiger partial charge on any atom is -0.378 e. The van der Waals surface area contributed by atoms with Crippen molar-refractivity contribution in [1.29, 1.82) is 0 Å². The van der Waals surface area contributed by atoms with Gasteiger partial charge in [-0.3, -0.25) is 9.59 Å². The third-order valence-corrected chi connectivity index (χ3v) is 7.75. The van der Waals surface area contributed by atoms with Crippen LogP contribution in [0.4, 0.5) is 11.4 Å². The Labute approximate surface area is 238 Å². The van der Waals surface area contributed by atoms with Gasteiger partial charge in [-0.15, -0.1) is 11.6 Å². The van der Waals surface area contributed by atoms with Gasteiger partial charge in [-0.05, 0) is 65.8 Å². The molecule has 0 unspecified atom stereocenters. The van der Waals surface area contributed by atoms with E-state index in [0.29, 0.717) is 31.8 Å². The maximum Gasteiger partial charge on any atom is 0.230 e. The van der Waals surface area contributed by atoms with Crippen LogP contribution in [0.3, 0.4) is 0 Å². The molecule has 4 rings (SSSR count). The van der Waals surface area contributed by atoms with Crippen molar-refractivity contribution in [3.05, 3.63) is 83.9 Å². The molecule has 2 amide bonds. The van der Waals surface area contributed by atoms with Gasteiger partial charge >= 0.3 is 0 Å². The number of halogens is 1. The van der Waals surface area contributed by atoms with Crippen LogP contribution in [0.5, 0.6) is 0 Å². The SMILES string of the molecule is CN(C)c1ccc(-c2ccc(CN(C(=O)C3CCCCC3)c3cccc(CNC(=O)CCCCl)c3)cc2)cc1. The number of nitrogens with one attached hydrogen (secondary N) is 1. The fourth-order valence-corrected chi connectivity index (χ4v) is 5.29. The molecular weight excluding hydrogens is 506 g/mol. The molecule has 0 bridgehead atoms. The van der Waals surface area contributed by atoms with Crippen LogP contribution in [0, 0.1) is 5.92 Å². The highest BCUT2D eigenvalue weighted by Crippen LogP contribution is 2.30. The van der Waals surface area contributed by atoms with Crippen LogP contribution in [0.25, 0.3) is 11.1 Å². The van der Waals surface area contributed by atoms with E-state index in [2.05, 4.69) is 58.7 Å². The molecule has 1 aliphatic rings. The lowest BCUT2D eigenvalue weighted by molar-refractivity contribution is -0.123. The third kappa shape index (κ3) is 8.09. The molecule has 0 aromatic heterocycles. The Balaban J connectivity index is 1.52. The number of alkyl halides is 1. The lowest BCUT2D eigenvalue weighted by Gasteiger charge is -2.30. The molecule has 0 radical (unpaired) electrons. The van der Waals surface area contributed by atoms with Gasteiger partial charge in [0.25, 0.3) is 0 Å². The zero-order valence-electron chi connectivity index (χ0n) is 23.2. The van der Waals surface area contributed by atoms with Gasteiger partial charge in [-0.25, -0.2) is 0 Å². The molecule has 0 atom stereocenters. The Morgan fingerprint density at radius 3 is 2.15 bits per heavy atom.